The first kappa shape index (κ1) is 33.2. The predicted molar refractivity (Wildman–Crippen MR) is 181 cm³/mol. The van der Waals surface area contributed by atoms with Gasteiger partial charge in [-0.25, -0.2) is 4.98 Å². The first-order valence-corrected chi connectivity index (χ1v) is 16.3. The van der Waals surface area contributed by atoms with E-state index < -0.39 is 0 Å². The van der Waals surface area contributed by atoms with Crippen LogP contribution < -0.4 is 14.8 Å². The molecule has 4 aromatic rings. The largest absolute Gasteiger partial charge is 0.495 e. The molecule has 0 aliphatic carbocycles. The van der Waals surface area contributed by atoms with Crippen LogP contribution in [0.4, 0.5) is 5.69 Å². The summed E-state index contributed by atoms with van der Waals surface area (Å²) in [5.41, 5.74) is 4.48. The highest BCUT2D eigenvalue weighted by Gasteiger charge is 2.11. The number of imidazole rings is 1. The minimum Gasteiger partial charge on any atom is -0.495 e. The molecule has 44 heavy (non-hydrogen) atoms. The van der Waals surface area contributed by atoms with E-state index in [0.29, 0.717) is 35.2 Å². The zero-order valence-electron chi connectivity index (χ0n) is 25.6. The lowest BCUT2D eigenvalue weighted by molar-refractivity contribution is -0.111. The third kappa shape index (κ3) is 9.91. The number of hydrogen-bond donors (Lipinski definition) is 1. The van der Waals surface area contributed by atoms with Crippen molar-refractivity contribution in [2.24, 2.45) is 0 Å². The van der Waals surface area contributed by atoms with E-state index in [1.54, 1.807) is 24.9 Å². The van der Waals surface area contributed by atoms with Crippen LogP contribution in [0.1, 0.15) is 44.4 Å². The minimum absolute atomic E-state index is 0.252. The van der Waals surface area contributed by atoms with E-state index in [4.69, 9.17) is 25.8 Å². The number of ether oxygens (including phenoxy) is 3. The smallest absolute Gasteiger partial charge is 0.248 e. The maximum absolute atomic E-state index is 12.8. The first-order valence-electron chi connectivity index (χ1n) is 14.9. The number of carbonyl (C=O) groups excluding carboxylic acids is 1. The molecule has 1 amide bonds. The van der Waals surface area contributed by atoms with Crippen molar-refractivity contribution < 1.29 is 19.0 Å². The van der Waals surface area contributed by atoms with Crippen LogP contribution in [-0.4, -0.2) is 42.4 Å². The molecule has 0 saturated heterocycles. The SMILES string of the molecule is CCCCOCCOc1ccc(-c2cc(Cl)c(OC)c(/C=C/C(=O)Nc3ccc(SCc4cncn4CCC)cc3)c2)cc1. The molecule has 1 N–H and O–H groups in total. The Kier molecular flexibility index (Phi) is 13.2. The van der Waals surface area contributed by atoms with Gasteiger partial charge in [-0.2, -0.15) is 0 Å². The summed E-state index contributed by atoms with van der Waals surface area (Å²) >= 11 is 8.31. The van der Waals surface area contributed by atoms with Gasteiger partial charge in [0.2, 0.25) is 5.91 Å². The number of anilines is 1. The standard InChI is InChI=1S/C35H40ClN3O4S/c1-4-6-18-42-19-20-43-31-12-7-26(8-13-31)28-21-27(35(41-3)33(36)22-28)9-16-34(40)38-29-10-14-32(15-11-29)44-24-30-23-37-25-39(30)17-5-2/h7-16,21-23,25H,4-6,17-20,24H2,1-3H3,(H,38,40)/b16-9+. The molecular formula is C35H40ClN3O4S. The lowest BCUT2D eigenvalue weighted by Gasteiger charge is -2.12. The van der Waals surface area contributed by atoms with Gasteiger partial charge in [0, 0.05) is 53.0 Å². The zero-order valence-corrected chi connectivity index (χ0v) is 27.1. The summed E-state index contributed by atoms with van der Waals surface area (Å²) in [5, 5.41) is 3.38. The highest BCUT2D eigenvalue weighted by atomic mass is 35.5. The fourth-order valence-electron chi connectivity index (χ4n) is 4.48. The lowest BCUT2D eigenvalue weighted by Crippen LogP contribution is -2.07. The van der Waals surface area contributed by atoms with Gasteiger partial charge in [-0.05, 0) is 78.6 Å². The van der Waals surface area contributed by atoms with E-state index in [-0.39, 0.29) is 5.91 Å². The summed E-state index contributed by atoms with van der Waals surface area (Å²) in [6, 6.07) is 19.4. The zero-order chi connectivity index (χ0) is 31.1. The van der Waals surface area contributed by atoms with Crippen molar-refractivity contribution >= 4 is 41.0 Å². The van der Waals surface area contributed by atoms with Gasteiger partial charge in [-0.3, -0.25) is 4.79 Å². The van der Waals surface area contributed by atoms with Gasteiger partial charge in [-0.1, -0.05) is 44.0 Å². The average Bonchev–Trinajstić information content (AvgIpc) is 3.48. The van der Waals surface area contributed by atoms with Crippen molar-refractivity contribution in [3.05, 3.63) is 95.5 Å². The molecule has 4 rings (SSSR count). The quantitative estimate of drug-likeness (QED) is 0.0712. The number of nitrogens with one attached hydrogen (secondary N) is 1. The Hall–Kier alpha value is -3.72. The summed E-state index contributed by atoms with van der Waals surface area (Å²) in [6.45, 7) is 7.10. The first-order chi connectivity index (χ1) is 21.5. The molecular weight excluding hydrogens is 594 g/mol. The number of carbonyl (C=O) groups is 1. The van der Waals surface area contributed by atoms with Crippen molar-refractivity contribution in [3.63, 3.8) is 0 Å². The molecule has 0 atom stereocenters. The van der Waals surface area contributed by atoms with E-state index in [0.717, 1.165) is 59.9 Å². The molecule has 3 aromatic carbocycles. The highest BCUT2D eigenvalue weighted by molar-refractivity contribution is 7.98. The van der Waals surface area contributed by atoms with Crippen molar-refractivity contribution in [3.8, 4) is 22.6 Å². The van der Waals surface area contributed by atoms with Crippen molar-refractivity contribution in [2.75, 3.05) is 32.2 Å². The number of hydrogen-bond acceptors (Lipinski definition) is 6. The second-order valence-electron chi connectivity index (χ2n) is 10.1. The van der Waals surface area contributed by atoms with Crippen LogP contribution in [0, 0.1) is 0 Å². The van der Waals surface area contributed by atoms with Gasteiger partial charge in [-0.15, -0.1) is 11.8 Å². The van der Waals surface area contributed by atoms with Gasteiger partial charge < -0.3 is 24.1 Å². The van der Waals surface area contributed by atoms with Crippen molar-refractivity contribution in [1.29, 1.82) is 0 Å². The Bertz CT molecular complexity index is 1500. The van der Waals surface area contributed by atoms with Crippen LogP contribution in [0.2, 0.25) is 5.02 Å². The normalized spacial score (nSPS) is 11.2. The maximum atomic E-state index is 12.8. The second kappa shape index (κ2) is 17.5. The van der Waals surface area contributed by atoms with Crippen molar-refractivity contribution in [2.45, 2.75) is 50.3 Å². The number of halogens is 1. The van der Waals surface area contributed by atoms with E-state index in [1.165, 1.54) is 11.8 Å². The number of rotatable bonds is 17. The van der Waals surface area contributed by atoms with Crippen molar-refractivity contribution in [1.82, 2.24) is 9.55 Å². The van der Waals surface area contributed by atoms with E-state index in [2.05, 4.69) is 28.7 Å². The summed E-state index contributed by atoms with van der Waals surface area (Å²) in [5.74, 6) is 1.86. The number of amides is 1. The van der Waals surface area contributed by atoms with Gasteiger partial charge >= 0.3 is 0 Å². The molecule has 9 heteroatoms. The molecule has 0 radical (unpaired) electrons. The molecule has 232 valence electrons. The van der Waals surface area contributed by atoms with Crippen LogP contribution in [0.15, 0.2) is 84.2 Å². The Morgan fingerprint density at radius 2 is 1.80 bits per heavy atom. The Morgan fingerprint density at radius 1 is 1.00 bits per heavy atom. The second-order valence-corrected chi connectivity index (χ2v) is 11.6. The number of thioether (sulfide) groups is 1. The van der Waals surface area contributed by atoms with Gasteiger partial charge in [0.05, 0.1) is 25.1 Å². The number of aryl methyl sites for hydroxylation is 1. The number of benzene rings is 3. The Labute approximate surface area is 269 Å². The van der Waals surface area contributed by atoms with E-state index >= 15 is 0 Å². The molecule has 7 nitrogen and oxygen atoms in total. The third-order valence-electron chi connectivity index (χ3n) is 6.79. The van der Waals surface area contributed by atoms with Gasteiger partial charge in [0.25, 0.3) is 0 Å². The van der Waals surface area contributed by atoms with E-state index in [1.807, 2.05) is 73.2 Å². The van der Waals surface area contributed by atoms with Gasteiger partial charge in [0.15, 0.2) is 0 Å². The predicted octanol–water partition coefficient (Wildman–Crippen LogP) is 8.76. The minimum atomic E-state index is -0.252. The van der Waals surface area contributed by atoms with Crippen LogP contribution in [0.3, 0.4) is 0 Å². The van der Waals surface area contributed by atoms with E-state index in [9.17, 15) is 4.79 Å². The molecule has 0 unspecified atom stereocenters. The fraction of sp³-hybridized carbons (Fsp3) is 0.314. The fourth-order valence-corrected chi connectivity index (χ4v) is 5.67. The summed E-state index contributed by atoms with van der Waals surface area (Å²) < 4.78 is 19.1. The lowest BCUT2D eigenvalue weighted by atomic mass is 10.0. The topological polar surface area (TPSA) is 74.6 Å². The van der Waals surface area contributed by atoms with Gasteiger partial charge in [0.1, 0.15) is 18.1 Å². The molecule has 0 fully saturated rings. The van der Waals surface area contributed by atoms with Crippen LogP contribution in [0.25, 0.3) is 17.2 Å². The maximum Gasteiger partial charge on any atom is 0.248 e. The molecule has 0 aliphatic heterocycles. The molecule has 0 aliphatic rings. The Morgan fingerprint density at radius 3 is 2.52 bits per heavy atom. The van der Waals surface area contributed by atoms with Crippen LogP contribution in [-0.2, 0) is 21.8 Å². The molecule has 1 aromatic heterocycles. The summed E-state index contributed by atoms with van der Waals surface area (Å²) in [7, 11) is 1.56. The number of methoxy groups -OCH3 is 1. The number of unbranched alkanes of at least 4 members (excludes halogenated alkanes) is 1. The molecule has 0 spiro atoms. The Balaban J connectivity index is 1.35. The number of aromatic nitrogens is 2. The third-order valence-corrected chi connectivity index (χ3v) is 8.11. The molecule has 0 saturated carbocycles. The summed E-state index contributed by atoms with van der Waals surface area (Å²) in [4.78, 5) is 18.2. The highest BCUT2D eigenvalue weighted by Crippen LogP contribution is 2.35. The molecule has 1 heterocycles. The number of nitrogens with zero attached hydrogens (tertiary/aromatic N) is 2. The monoisotopic (exact) mass is 633 g/mol. The average molecular weight is 634 g/mol. The summed E-state index contributed by atoms with van der Waals surface area (Å²) in [6.07, 6.45) is 10.2. The van der Waals surface area contributed by atoms with Crippen LogP contribution in [0.5, 0.6) is 11.5 Å². The van der Waals surface area contributed by atoms with Crippen LogP contribution >= 0.6 is 23.4 Å². The molecule has 0 bridgehead atoms.